The van der Waals surface area contributed by atoms with Crippen LogP contribution in [0.4, 0.5) is 0 Å². The molecule has 2 heterocycles. The van der Waals surface area contributed by atoms with E-state index in [1.807, 2.05) is 11.8 Å². The minimum Gasteiger partial charge on any atom is -0.313 e. The second kappa shape index (κ2) is 7.66. The molecule has 3 heteroatoms. The number of piperidine rings is 1. The molecule has 2 aliphatic heterocycles. The Morgan fingerprint density at radius 3 is 2.95 bits per heavy atom. The first-order chi connectivity index (χ1) is 10.4. The lowest BCUT2D eigenvalue weighted by Crippen LogP contribution is -2.45. The lowest BCUT2D eigenvalue weighted by atomic mass is 9.99. The Morgan fingerprint density at radius 2 is 2.14 bits per heavy atom. The average Bonchev–Trinajstić information content (AvgIpc) is 2.55. The van der Waals surface area contributed by atoms with Crippen LogP contribution in [0.25, 0.3) is 0 Å². The summed E-state index contributed by atoms with van der Waals surface area (Å²) in [5.74, 6) is 1.26. The number of rotatable bonds is 5. The van der Waals surface area contributed by atoms with E-state index in [0.29, 0.717) is 12.1 Å². The van der Waals surface area contributed by atoms with Crippen molar-refractivity contribution in [3.63, 3.8) is 0 Å². The molecule has 2 unspecified atom stereocenters. The summed E-state index contributed by atoms with van der Waals surface area (Å²) < 4.78 is 0. The number of nitrogens with one attached hydrogen (secondary N) is 1. The summed E-state index contributed by atoms with van der Waals surface area (Å²) in [5, 5.41) is 3.72. The highest BCUT2D eigenvalue weighted by Crippen LogP contribution is 2.39. The van der Waals surface area contributed by atoms with Gasteiger partial charge in [-0.25, -0.2) is 0 Å². The van der Waals surface area contributed by atoms with Crippen LogP contribution in [0.3, 0.4) is 0 Å². The summed E-state index contributed by atoms with van der Waals surface area (Å²) in [6.45, 7) is 5.96. The third-order valence-corrected chi connectivity index (χ3v) is 5.87. The van der Waals surface area contributed by atoms with Crippen LogP contribution in [0.5, 0.6) is 0 Å². The van der Waals surface area contributed by atoms with E-state index in [-0.39, 0.29) is 0 Å². The van der Waals surface area contributed by atoms with Crippen LogP contribution in [0.2, 0.25) is 0 Å². The monoisotopic (exact) mass is 304 g/mol. The van der Waals surface area contributed by atoms with Gasteiger partial charge in [-0.15, -0.1) is 11.8 Å². The Labute approximate surface area is 133 Å². The van der Waals surface area contributed by atoms with Crippen LogP contribution >= 0.6 is 11.8 Å². The van der Waals surface area contributed by atoms with Gasteiger partial charge < -0.3 is 5.32 Å². The smallest absolute Gasteiger partial charge is 0.0367 e. The minimum absolute atomic E-state index is 0.631. The van der Waals surface area contributed by atoms with E-state index < -0.39 is 0 Å². The molecule has 0 spiro atoms. The van der Waals surface area contributed by atoms with Gasteiger partial charge in [0.05, 0.1) is 0 Å². The maximum Gasteiger partial charge on any atom is 0.0367 e. The molecule has 1 saturated heterocycles. The Balaban J connectivity index is 1.74. The molecule has 0 amide bonds. The number of fused-ring (bicyclic) bond motifs is 1. The van der Waals surface area contributed by atoms with Gasteiger partial charge >= 0.3 is 0 Å². The van der Waals surface area contributed by atoms with Gasteiger partial charge in [0, 0.05) is 23.5 Å². The molecule has 1 aromatic carbocycles. The lowest BCUT2D eigenvalue weighted by molar-refractivity contribution is 0.159. The quantitative estimate of drug-likeness (QED) is 0.882. The Bertz CT molecular complexity index is 443. The van der Waals surface area contributed by atoms with Gasteiger partial charge in [-0.1, -0.05) is 31.5 Å². The Kier molecular flexibility index (Phi) is 5.61. The van der Waals surface area contributed by atoms with E-state index in [0.717, 1.165) is 0 Å². The van der Waals surface area contributed by atoms with Crippen LogP contribution in [0.1, 0.15) is 50.6 Å². The largest absolute Gasteiger partial charge is 0.313 e. The molecule has 116 valence electrons. The molecule has 21 heavy (non-hydrogen) atoms. The van der Waals surface area contributed by atoms with E-state index in [1.54, 1.807) is 5.56 Å². The van der Waals surface area contributed by atoms with Crippen molar-refractivity contribution in [2.24, 2.45) is 0 Å². The van der Waals surface area contributed by atoms with Crippen molar-refractivity contribution in [1.82, 2.24) is 10.2 Å². The van der Waals surface area contributed by atoms with Crippen LogP contribution in [-0.4, -0.2) is 36.3 Å². The maximum absolute atomic E-state index is 3.72. The molecule has 1 fully saturated rings. The van der Waals surface area contributed by atoms with Crippen molar-refractivity contribution in [1.29, 1.82) is 0 Å². The molecule has 2 aliphatic rings. The van der Waals surface area contributed by atoms with Crippen molar-refractivity contribution in [2.75, 3.05) is 25.4 Å². The summed E-state index contributed by atoms with van der Waals surface area (Å²) in [6.07, 6.45) is 6.65. The number of thioether (sulfide) groups is 1. The Hall–Kier alpha value is -0.510. The molecule has 0 saturated carbocycles. The highest BCUT2D eigenvalue weighted by molar-refractivity contribution is 7.99. The highest BCUT2D eigenvalue weighted by Gasteiger charge is 2.27. The molecule has 0 aliphatic carbocycles. The standard InChI is InChI=1S/C18H28N2S/c1-2-12-20(14-15-7-5-6-11-19-15)17-10-13-21-18-9-4-3-8-16(17)18/h3-4,8-9,15,17,19H,2,5-7,10-14H2,1H3. The Morgan fingerprint density at radius 1 is 1.24 bits per heavy atom. The van der Waals surface area contributed by atoms with Crippen LogP contribution in [-0.2, 0) is 0 Å². The zero-order valence-corrected chi connectivity index (χ0v) is 14.0. The summed E-state index contributed by atoms with van der Waals surface area (Å²) in [7, 11) is 0. The molecular weight excluding hydrogens is 276 g/mol. The van der Waals surface area contributed by atoms with Crippen LogP contribution in [0.15, 0.2) is 29.2 Å². The summed E-state index contributed by atoms with van der Waals surface area (Å²) >= 11 is 2.03. The molecule has 1 N–H and O–H groups in total. The number of nitrogens with zero attached hydrogens (tertiary/aromatic N) is 1. The predicted octanol–water partition coefficient (Wildman–Crippen LogP) is 4.08. The summed E-state index contributed by atoms with van der Waals surface area (Å²) in [4.78, 5) is 4.26. The van der Waals surface area contributed by atoms with E-state index in [2.05, 4.69) is 41.4 Å². The maximum atomic E-state index is 3.72. The van der Waals surface area contributed by atoms with Crippen LogP contribution in [0, 0.1) is 0 Å². The van der Waals surface area contributed by atoms with Gasteiger partial charge in [-0.3, -0.25) is 4.90 Å². The normalized spacial score (nSPS) is 25.8. The first-order valence-corrected chi connectivity index (χ1v) is 9.56. The van der Waals surface area contributed by atoms with Crippen molar-refractivity contribution in [3.05, 3.63) is 29.8 Å². The third kappa shape index (κ3) is 3.82. The molecule has 2 atom stereocenters. The summed E-state index contributed by atoms with van der Waals surface area (Å²) in [5.41, 5.74) is 1.57. The second-order valence-electron chi connectivity index (χ2n) is 6.33. The second-order valence-corrected chi connectivity index (χ2v) is 7.47. The van der Waals surface area contributed by atoms with Gasteiger partial charge in [0.1, 0.15) is 0 Å². The van der Waals surface area contributed by atoms with Gasteiger partial charge in [0.25, 0.3) is 0 Å². The molecule has 2 nitrogen and oxygen atoms in total. The van der Waals surface area contributed by atoms with Crippen molar-refractivity contribution >= 4 is 11.8 Å². The van der Waals surface area contributed by atoms with E-state index in [9.17, 15) is 0 Å². The fourth-order valence-electron chi connectivity index (χ4n) is 3.73. The number of benzene rings is 1. The molecular formula is C18H28N2S. The van der Waals surface area contributed by atoms with E-state index >= 15 is 0 Å². The van der Waals surface area contributed by atoms with Gasteiger partial charge in [0.2, 0.25) is 0 Å². The molecule has 0 bridgehead atoms. The fourth-order valence-corrected chi connectivity index (χ4v) is 4.83. The molecule has 0 radical (unpaired) electrons. The van der Waals surface area contributed by atoms with Gasteiger partial charge in [-0.2, -0.15) is 0 Å². The summed E-state index contributed by atoms with van der Waals surface area (Å²) in [6, 6.07) is 10.4. The molecule has 1 aromatic rings. The first-order valence-electron chi connectivity index (χ1n) is 8.57. The zero-order chi connectivity index (χ0) is 14.5. The van der Waals surface area contributed by atoms with Crippen LogP contribution < -0.4 is 5.32 Å². The van der Waals surface area contributed by atoms with Crippen molar-refractivity contribution in [3.8, 4) is 0 Å². The van der Waals surface area contributed by atoms with Gasteiger partial charge in [-0.05, 0) is 56.2 Å². The van der Waals surface area contributed by atoms with Crippen molar-refractivity contribution in [2.45, 2.75) is 56.0 Å². The van der Waals surface area contributed by atoms with Gasteiger partial charge in [0.15, 0.2) is 0 Å². The zero-order valence-electron chi connectivity index (χ0n) is 13.2. The predicted molar refractivity (Wildman–Crippen MR) is 92.0 cm³/mol. The topological polar surface area (TPSA) is 15.3 Å². The SMILES string of the molecule is CCCN(CC1CCCCN1)C1CCSc2ccccc21. The third-order valence-electron chi connectivity index (χ3n) is 4.75. The first kappa shape index (κ1) is 15.4. The number of hydrogen-bond acceptors (Lipinski definition) is 3. The number of hydrogen-bond donors (Lipinski definition) is 1. The van der Waals surface area contributed by atoms with Crippen molar-refractivity contribution < 1.29 is 0 Å². The fraction of sp³-hybridized carbons (Fsp3) is 0.667. The minimum atomic E-state index is 0.631. The molecule has 0 aromatic heterocycles. The van der Waals surface area contributed by atoms with E-state index in [1.165, 1.54) is 62.4 Å². The lowest BCUT2D eigenvalue weighted by Gasteiger charge is -2.38. The molecule has 3 rings (SSSR count). The van der Waals surface area contributed by atoms with E-state index in [4.69, 9.17) is 0 Å². The highest BCUT2D eigenvalue weighted by atomic mass is 32.2. The average molecular weight is 305 g/mol.